The van der Waals surface area contributed by atoms with Gasteiger partial charge in [0.2, 0.25) is 0 Å². The van der Waals surface area contributed by atoms with Gasteiger partial charge in [0.15, 0.2) is 0 Å². The molecule has 0 atom stereocenters. The highest BCUT2D eigenvalue weighted by Gasteiger charge is 2.12. The molecule has 1 aromatic carbocycles. The molecule has 0 unspecified atom stereocenters. The molecule has 2 rings (SSSR count). The maximum absolute atomic E-state index is 12.0. The van der Waals surface area contributed by atoms with Crippen LogP contribution in [0, 0.1) is 0 Å². The molecule has 6 heteroatoms. The second-order valence-electron chi connectivity index (χ2n) is 5.54. The second kappa shape index (κ2) is 7.67. The quantitative estimate of drug-likeness (QED) is 0.847. The van der Waals surface area contributed by atoms with Gasteiger partial charge in [-0.2, -0.15) is 0 Å². The zero-order chi connectivity index (χ0) is 16.8. The van der Waals surface area contributed by atoms with Crippen LogP contribution in [0.5, 0.6) is 5.75 Å². The zero-order valence-electron chi connectivity index (χ0n) is 13.4. The van der Waals surface area contributed by atoms with Crippen LogP contribution < -0.4 is 9.84 Å². The molecular formula is C17H21N2O4-. The van der Waals surface area contributed by atoms with Crippen molar-refractivity contribution >= 4 is 23.0 Å². The third-order valence-electron chi connectivity index (χ3n) is 3.70. The summed E-state index contributed by atoms with van der Waals surface area (Å²) in [6.45, 7) is 2.73. The number of carbonyl (C=O) groups is 2. The van der Waals surface area contributed by atoms with Gasteiger partial charge in [0.1, 0.15) is 5.75 Å². The summed E-state index contributed by atoms with van der Waals surface area (Å²) in [4.78, 5) is 27.1. The first-order chi connectivity index (χ1) is 11.0. The van der Waals surface area contributed by atoms with Crippen molar-refractivity contribution < 1.29 is 19.4 Å². The lowest BCUT2D eigenvalue weighted by Gasteiger charge is -2.16. The molecule has 0 aliphatic heterocycles. The number of carboxylic acids is 1. The Hall–Kier alpha value is -2.50. The predicted octanol–water partition coefficient (Wildman–Crippen LogP) is 2.08. The lowest BCUT2D eigenvalue weighted by molar-refractivity contribution is -0.305. The van der Waals surface area contributed by atoms with E-state index in [0.29, 0.717) is 18.7 Å². The van der Waals surface area contributed by atoms with Gasteiger partial charge in [0, 0.05) is 42.7 Å². The molecule has 23 heavy (non-hydrogen) atoms. The van der Waals surface area contributed by atoms with Gasteiger partial charge in [-0.1, -0.05) is 13.3 Å². The molecule has 2 aromatic rings. The standard InChI is InChI=1S/C17H22N2O4/c1-3-4-9-19(2)17(22)23-13-6-7-14-12(5-8-16(20)21)11-18-15(14)10-13/h6-7,10-11,18H,3-5,8-9H2,1-2H3,(H,20,21)/p-1. The summed E-state index contributed by atoms with van der Waals surface area (Å²) in [6, 6.07) is 5.28. The number of carboxylic acid groups (broad SMARTS) is 1. The van der Waals surface area contributed by atoms with Crippen LogP contribution in [0.3, 0.4) is 0 Å². The summed E-state index contributed by atoms with van der Waals surface area (Å²) >= 11 is 0. The molecule has 0 radical (unpaired) electrons. The van der Waals surface area contributed by atoms with Crippen molar-refractivity contribution in [1.29, 1.82) is 0 Å². The second-order valence-corrected chi connectivity index (χ2v) is 5.54. The van der Waals surface area contributed by atoms with E-state index in [1.165, 1.54) is 0 Å². The minimum absolute atomic E-state index is 0.0219. The van der Waals surface area contributed by atoms with Crippen LogP contribution in [0.15, 0.2) is 24.4 Å². The van der Waals surface area contributed by atoms with Gasteiger partial charge in [0.05, 0.1) is 0 Å². The van der Waals surface area contributed by atoms with Crippen LogP contribution in [-0.4, -0.2) is 35.5 Å². The number of H-pyrrole nitrogens is 1. The predicted molar refractivity (Wildman–Crippen MR) is 85.2 cm³/mol. The normalized spacial score (nSPS) is 10.7. The minimum atomic E-state index is -1.07. The average Bonchev–Trinajstić information content (AvgIpc) is 2.92. The fourth-order valence-corrected chi connectivity index (χ4v) is 2.34. The molecule has 0 bridgehead atoms. The van der Waals surface area contributed by atoms with Crippen LogP contribution in [-0.2, 0) is 11.2 Å². The van der Waals surface area contributed by atoms with Gasteiger partial charge in [-0.05, 0) is 37.0 Å². The number of hydrogen-bond donors (Lipinski definition) is 1. The van der Waals surface area contributed by atoms with Crippen molar-refractivity contribution in [1.82, 2.24) is 9.88 Å². The lowest BCUT2D eigenvalue weighted by Crippen LogP contribution is -2.30. The summed E-state index contributed by atoms with van der Waals surface area (Å²) in [5.74, 6) is -0.612. The van der Waals surface area contributed by atoms with E-state index in [1.807, 2.05) is 6.07 Å². The number of nitrogens with one attached hydrogen (secondary N) is 1. The molecule has 1 amide bonds. The van der Waals surface area contributed by atoms with Crippen molar-refractivity contribution in [3.05, 3.63) is 30.0 Å². The molecule has 0 saturated carbocycles. The number of hydrogen-bond acceptors (Lipinski definition) is 4. The molecule has 0 aliphatic carbocycles. The molecular weight excluding hydrogens is 296 g/mol. The number of carbonyl (C=O) groups excluding carboxylic acids is 2. The number of fused-ring (bicyclic) bond motifs is 1. The van der Waals surface area contributed by atoms with Crippen molar-refractivity contribution in [3.8, 4) is 5.75 Å². The summed E-state index contributed by atoms with van der Waals surface area (Å²) in [5, 5.41) is 11.5. The van der Waals surface area contributed by atoms with E-state index in [2.05, 4.69) is 11.9 Å². The van der Waals surface area contributed by atoms with Gasteiger partial charge >= 0.3 is 6.09 Å². The van der Waals surface area contributed by atoms with E-state index in [0.717, 1.165) is 29.3 Å². The summed E-state index contributed by atoms with van der Waals surface area (Å²) in [7, 11) is 1.71. The number of ether oxygens (including phenoxy) is 1. The largest absolute Gasteiger partial charge is 0.550 e. The number of benzene rings is 1. The van der Waals surface area contributed by atoms with Crippen molar-refractivity contribution in [2.75, 3.05) is 13.6 Å². The first kappa shape index (κ1) is 16.9. The molecule has 0 saturated heterocycles. The van der Waals surface area contributed by atoms with E-state index in [-0.39, 0.29) is 12.5 Å². The van der Waals surface area contributed by atoms with Gasteiger partial charge in [0.25, 0.3) is 0 Å². The summed E-state index contributed by atoms with van der Waals surface area (Å²) in [6.07, 6.45) is 3.71. The van der Waals surface area contributed by atoms with E-state index < -0.39 is 5.97 Å². The van der Waals surface area contributed by atoms with E-state index in [9.17, 15) is 14.7 Å². The third-order valence-corrected chi connectivity index (χ3v) is 3.70. The maximum Gasteiger partial charge on any atom is 0.414 e. The van der Waals surface area contributed by atoms with Crippen LogP contribution in [0.1, 0.15) is 31.7 Å². The Morgan fingerprint density at radius 2 is 2.13 bits per heavy atom. The Balaban J connectivity index is 2.06. The Bertz CT molecular complexity index is 693. The minimum Gasteiger partial charge on any atom is -0.550 e. The van der Waals surface area contributed by atoms with Crippen LogP contribution in [0.4, 0.5) is 4.79 Å². The van der Waals surface area contributed by atoms with E-state index in [4.69, 9.17) is 4.74 Å². The highest BCUT2D eigenvalue weighted by atomic mass is 16.6. The Kier molecular flexibility index (Phi) is 5.62. The van der Waals surface area contributed by atoms with Gasteiger partial charge < -0.3 is 24.5 Å². The first-order valence-corrected chi connectivity index (χ1v) is 7.74. The van der Waals surface area contributed by atoms with Crippen molar-refractivity contribution in [2.24, 2.45) is 0 Å². The SMILES string of the molecule is CCCCN(C)C(=O)Oc1ccc2c(CCC(=O)[O-])c[nH]c2c1. The highest BCUT2D eigenvalue weighted by Crippen LogP contribution is 2.24. The zero-order valence-corrected chi connectivity index (χ0v) is 13.4. The molecule has 0 aliphatic rings. The Morgan fingerprint density at radius 3 is 2.83 bits per heavy atom. The number of aromatic amines is 1. The Labute approximate surface area is 135 Å². The van der Waals surface area contributed by atoms with Gasteiger partial charge in [-0.25, -0.2) is 4.79 Å². The number of rotatable bonds is 7. The highest BCUT2D eigenvalue weighted by molar-refractivity contribution is 5.85. The van der Waals surface area contributed by atoms with Crippen LogP contribution in [0.2, 0.25) is 0 Å². The molecule has 0 spiro atoms. The first-order valence-electron chi connectivity index (χ1n) is 7.74. The number of aryl methyl sites for hydroxylation is 1. The molecule has 6 nitrogen and oxygen atoms in total. The molecule has 1 N–H and O–H groups in total. The number of unbranched alkanes of at least 4 members (excludes halogenated alkanes) is 1. The van der Waals surface area contributed by atoms with Crippen molar-refractivity contribution in [2.45, 2.75) is 32.6 Å². The summed E-state index contributed by atoms with van der Waals surface area (Å²) in [5.41, 5.74) is 1.71. The van der Waals surface area contributed by atoms with Gasteiger partial charge in [-0.3, -0.25) is 0 Å². The Morgan fingerprint density at radius 1 is 1.35 bits per heavy atom. The van der Waals surface area contributed by atoms with Gasteiger partial charge in [-0.15, -0.1) is 0 Å². The van der Waals surface area contributed by atoms with Crippen molar-refractivity contribution in [3.63, 3.8) is 0 Å². The fourth-order valence-electron chi connectivity index (χ4n) is 2.34. The lowest BCUT2D eigenvalue weighted by atomic mass is 10.1. The molecule has 1 aromatic heterocycles. The average molecular weight is 317 g/mol. The monoisotopic (exact) mass is 317 g/mol. The topological polar surface area (TPSA) is 85.5 Å². The fraction of sp³-hybridized carbons (Fsp3) is 0.412. The molecule has 1 heterocycles. The number of aromatic nitrogens is 1. The molecule has 124 valence electrons. The number of amides is 1. The smallest absolute Gasteiger partial charge is 0.414 e. The summed E-state index contributed by atoms with van der Waals surface area (Å²) < 4.78 is 5.35. The van der Waals surface area contributed by atoms with Crippen LogP contribution in [0.25, 0.3) is 10.9 Å². The molecule has 0 fully saturated rings. The maximum atomic E-state index is 12.0. The third kappa shape index (κ3) is 4.48. The number of aliphatic carboxylic acids is 1. The van der Waals surface area contributed by atoms with E-state index in [1.54, 1.807) is 30.3 Å². The van der Waals surface area contributed by atoms with E-state index >= 15 is 0 Å². The van der Waals surface area contributed by atoms with Crippen LogP contribution >= 0.6 is 0 Å². The number of nitrogens with zero attached hydrogens (tertiary/aromatic N) is 1.